The van der Waals surface area contributed by atoms with Gasteiger partial charge in [0.1, 0.15) is 11.9 Å². The Morgan fingerprint density at radius 2 is 1.73 bits per heavy atom. The van der Waals surface area contributed by atoms with Crippen molar-refractivity contribution in [3.8, 4) is 0 Å². The van der Waals surface area contributed by atoms with E-state index in [1.54, 1.807) is 0 Å². The molecule has 4 aliphatic heterocycles. The van der Waals surface area contributed by atoms with E-state index in [2.05, 4.69) is 82.2 Å². The van der Waals surface area contributed by atoms with Gasteiger partial charge in [0.15, 0.2) is 5.78 Å². The molecular weight excluding hydrogens is 787 g/mol. The summed E-state index contributed by atoms with van der Waals surface area (Å²) in [5.74, 6) is 1.10. The summed E-state index contributed by atoms with van der Waals surface area (Å²) in [7, 11) is 1.97. The van der Waals surface area contributed by atoms with E-state index in [0.717, 1.165) is 76.0 Å². The zero-order valence-corrected chi connectivity index (χ0v) is 39.7. The first kappa shape index (κ1) is 43.9. The summed E-state index contributed by atoms with van der Waals surface area (Å²) in [5, 5.41) is 29.1. The fraction of sp³-hybridized carbons (Fsp3) is 0.722. The molecule has 9 nitrogen and oxygen atoms in total. The van der Waals surface area contributed by atoms with E-state index in [-0.39, 0.29) is 46.2 Å². The third kappa shape index (κ3) is 6.34. The van der Waals surface area contributed by atoms with Gasteiger partial charge in [0, 0.05) is 73.2 Å². The van der Waals surface area contributed by atoms with Crippen molar-refractivity contribution in [1.29, 1.82) is 0 Å². The highest BCUT2D eigenvalue weighted by Crippen LogP contribution is 2.79. The zero-order chi connectivity index (χ0) is 44.7. The van der Waals surface area contributed by atoms with E-state index in [4.69, 9.17) is 14.5 Å². The van der Waals surface area contributed by atoms with Crippen molar-refractivity contribution in [1.82, 2.24) is 10.2 Å². The summed E-state index contributed by atoms with van der Waals surface area (Å²) in [5.41, 5.74) is 5.03. The van der Waals surface area contributed by atoms with Gasteiger partial charge < -0.3 is 29.9 Å². The van der Waals surface area contributed by atoms with Crippen LogP contribution in [-0.4, -0.2) is 95.7 Å². The fourth-order valence-corrected chi connectivity index (χ4v) is 16.5. The number of benzene rings is 1. The van der Waals surface area contributed by atoms with E-state index in [0.29, 0.717) is 50.4 Å². The largest absolute Gasteiger partial charge is 0.392 e. The molecule has 0 amide bonds. The van der Waals surface area contributed by atoms with Crippen molar-refractivity contribution in [3.63, 3.8) is 0 Å². The first-order valence-corrected chi connectivity index (χ1v) is 24.6. The minimum Gasteiger partial charge on any atom is -0.392 e. The molecule has 9 aliphatic rings. The van der Waals surface area contributed by atoms with E-state index < -0.39 is 33.9 Å². The Balaban J connectivity index is 1.09. The van der Waals surface area contributed by atoms with Gasteiger partial charge in [0.05, 0.1) is 29.6 Å². The Morgan fingerprint density at radius 3 is 2.44 bits per heavy atom. The van der Waals surface area contributed by atoms with E-state index in [1.165, 1.54) is 27.8 Å². The number of allylic oxidation sites excluding steroid dienone is 1. The molecule has 1 aromatic rings. The minimum absolute atomic E-state index is 0.0433. The van der Waals surface area contributed by atoms with Crippen molar-refractivity contribution in [2.75, 3.05) is 33.4 Å². The molecule has 0 radical (unpaired) electrons. The molecule has 63 heavy (non-hydrogen) atoms. The topological polar surface area (TPSA) is 124 Å². The molecule has 10 rings (SSSR count). The second-order valence-electron chi connectivity index (χ2n) is 23.9. The summed E-state index contributed by atoms with van der Waals surface area (Å²) in [6.45, 7) is 20.9. The van der Waals surface area contributed by atoms with Gasteiger partial charge >= 0.3 is 0 Å². The van der Waals surface area contributed by atoms with Gasteiger partial charge in [-0.25, -0.2) is 0 Å². The minimum atomic E-state index is -0.733. The molecule has 4 heterocycles. The second kappa shape index (κ2) is 14.8. The van der Waals surface area contributed by atoms with Crippen LogP contribution in [0.3, 0.4) is 0 Å². The molecule has 9 heteroatoms. The van der Waals surface area contributed by atoms with Crippen LogP contribution >= 0.6 is 0 Å². The first-order valence-electron chi connectivity index (χ1n) is 24.6. The number of ether oxygens (including phenoxy) is 2. The van der Waals surface area contributed by atoms with Crippen LogP contribution in [0.1, 0.15) is 142 Å². The molecule has 2 saturated heterocycles. The number of epoxide rings is 1. The number of aliphatic hydroxyl groups excluding tert-OH is 2. The lowest BCUT2D eigenvalue weighted by molar-refractivity contribution is -0.241. The molecule has 5 fully saturated rings. The molecule has 0 aromatic heterocycles. The second-order valence-corrected chi connectivity index (χ2v) is 23.9. The maximum absolute atomic E-state index is 15.2. The summed E-state index contributed by atoms with van der Waals surface area (Å²) in [6, 6.07) is 7.04. The number of ketones is 2. The number of Topliss-reactive ketones (excluding diaryl/α,β-unsaturated/α-hetero) is 2. The van der Waals surface area contributed by atoms with E-state index in [1.807, 2.05) is 27.1 Å². The number of carbonyl (C=O) groups is 2. The van der Waals surface area contributed by atoms with Crippen molar-refractivity contribution in [2.24, 2.45) is 49.3 Å². The summed E-state index contributed by atoms with van der Waals surface area (Å²) >= 11 is 0. The number of rotatable bonds is 11. The molecule has 0 spiro atoms. The van der Waals surface area contributed by atoms with Crippen LogP contribution in [0.15, 0.2) is 58.4 Å². The predicted octanol–water partition coefficient (Wildman–Crippen LogP) is 8.35. The predicted molar refractivity (Wildman–Crippen MR) is 246 cm³/mol. The molecule has 12 unspecified atom stereocenters. The quantitative estimate of drug-likeness (QED) is 0.190. The summed E-state index contributed by atoms with van der Waals surface area (Å²) in [4.78, 5) is 36.9. The van der Waals surface area contributed by atoms with Crippen LogP contribution in [-0.2, 0) is 25.5 Å². The highest BCUT2D eigenvalue weighted by Gasteiger charge is 2.77. The molecular formula is C54H75N3O6. The number of aryl methyl sites for hydroxylation is 1. The number of aliphatic hydroxyl groups is 2. The van der Waals surface area contributed by atoms with Crippen LogP contribution in [0.25, 0.3) is 0 Å². The molecule has 12 atom stereocenters. The lowest BCUT2D eigenvalue weighted by Crippen LogP contribution is -2.72. The number of nitrogens with one attached hydrogen (secondary N) is 1. The van der Waals surface area contributed by atoms with E-state index >= 15 is 4.79 Å². The van der Waals surface area contributed by atoms with Crippen molar-refractivity contribution >= 4 is 17.3 Å². The number of hydrogen-bond donors (Lipinski definition) is 3. The van der Waals surface area contributed by atoms with Crippen molar-refractivity contribution in [3.05, 3.63) is 70.1 Å². The van der Waals surface area contributed by atoms with Crippen LogP contribution in [0.4, 0.5) is 0 Å². The van der Waals surface area contributed by atoms with Gasteiger partial charge in [-0.1, -0.05) is 58.4 Å². The Hall–Kier alpha value is -2.95. The van der Waals surface area contributed by atoms with Gasteiger partial charge in [0.25, 0.3) is 0 Å². The number of aliphatic imine (C=N–C) groups is 1. The molecule has 5 aliphatic carbocycles. The lowest BCUT2D eigenvalue weighted by atomic mass is 9.31. The van der Waals surface area contributed by atoms with Crippen LogP contribution in [0.5, 0.6) is 0 Å². The smallest absolute Gasteiger partial charge is 0.160 e. The average Bonchev–Trinajstić information content (AvgIpc) is 3.52. The van der Waals surface area contributed by atoms with Gasteiger partial charge in [-0.3, -0.25) is 14.6 Å². The summed E-state index contributed by atoms with van der Waals surface area (Å²) < 4.78 is 11.7. The standard InChI is InChI=1S/C54H75N3O6/c1-32-24-33(26-35(25-32)34-13-22-62-23-14-34)27-36-30-57(37-12-20-56-43(36)37)31-54-18-17-49(4,28-39(59)47-48(2,3)63-47)42-38(58)29-53(8,44(42)54)52(7)16-10-40-50(5,19-21-55-9)41(60)11-15-51(40,6)45(52)46(54)61/h12,20,24-26,30,34,37,39-40,45-47,55,59,61H,10-11,13-19,21-23,27-29,31H2,1-9H3. The first-order chi connectivity index (χ1) is 29.7. The maximum atomic E-state index is 15.2. The Kier molecular flexibility index (Phi) is 10.3. The zero-order valence-electron chi connectivity index (χ0n) is 39.7. The number of nitrogens with zero attached hydrogens (tertiary/aromatic N) is 2. The van der Waals surface area contributed by atoms with Crippen molar-refractivity contribution < 1.29 is 29.3 Å². The fourth-order valence-electron chi connectivity index (χ4n) is 16.5. The number of fused-ring (bicyclic) bond motifs is 5. The SMILES string of the molecule is CNCCC1(C)C(=O)CCC2(C)C1CCC1(C)C2C(O)C2(CN3C=C(Cc4cc(C)cc(C5CCOCC5)c4)C4=NC=CC43)CCC(C)(CC(O)C3OC3(C)C)C3=C2C1(C)CC3=O. The number of carbonyl (C=O) groups excluding carboxylic acids is 2. The Labute approximate surface area is 376 Å². The highest BCUT2D eigenvalue weighted by molar-refractivity contribution is 6.09. The van der Waals surface area contributed by atoms with Gasteiger partial charge in [0.2, 0.25) is 0 Å². The molecule has 3 N–H and O–H groups in total. The van der Waals surface area contributed by atoms with Gasteiger partial charge in [-0.2, -0.15) is 0 Å². The molecule has 342 valence electrons. The van der Waals surface area contributed by atoms with Gasteiger partial charge in [-0.05, 0) is 154 Å². The van der Waals surface area contributed by atoms with Gasteiger partial charge in [-0.15, -0.1) is 0 Å². The van der Waals surface area contributed by atoms with Crippen molar-refractivity contribution in [2.45, 2.75) is 168 Å². The monoisotopic (exact) mass is 862 g/mol. The normalized spacial score (nSPS) is 43.0. The van der Waals surface area contributed by atoms with Crippen LogP contribution in [0.2, 0.25) is 0 Å². The highest BCUT2D eigenvalue weighted by atomic mass is 16.6. The lowest BCUT2D eigenvalue weighted by Gasteiger charge is -2.73. The van der Waals surface area contributed by atoms with Crippen LogP contribution < -0.4 is 5.32 Å². The molecule has 0 bridgehead atoms. The van der Waals surface area contributed by atoms with E-state index in [9.17, 15) is 15.0 Å². The van der Waals surface area contributed by atoms with Crippen LogP contribution in [0, 0.1) is 51.2 Å². The Bertz CT molecular complexity index is 2220. The third-order valence-corrected chi connectivity index (χ3v) is 19.8. The third-order valence-electron chi connectivity index (χ3n) is 19.8. The molecule has 1 aromatic carbocycles. The molecule has 3 saturated carbocycles. The average molecular weight is 862 g/mol. The Morgan fingerprint density at radius 1 is 0.984 bits per heavy atom. The maximum Gasteiger partial charge on any atom is 0.160 e. The summed E-state index contributed by atoms with van der Waals surface area (Å²) in [6.07, 6.45) is 13.9. The number of hydrogen-bond acceptors (Lipinski definition) is 9.